The maximum atomic E-state index is 12.3. The van der Waals surface area contributed by atoms with Gasteiger partial charge in [0.1, 0.15) is 0 Å². The van der Waals surface area contributed by atoms with Crippen LogP contribution in [-0.4, -0.2) is 23.6 Å². The molecule has 7 atom stereocenters. The average Bonchev–Trinajstić information content (AvgIpc) is 2.86. The molecule has 1 saturated carbocycles. The Morgan fingerprint density at radius 3 is 2.28 bits per heavy atom. The lowest BCUT2D eigenvalue weighted by Gasteiger charge is -2.63. The van der Waals surface area contributed by atoms with Crippen LogP contribution in [0.4, 0.5) is 0 Å². The third-order valence-corrected chi connectivity index (χ3v) is 6.75. The molecule has 0 aromatic carbocycles. The smallest absolute Gasteiger partial charge is 0.311 e. The molecule has 5 nitrogen and oxygen atoms in total. The van der Waals surface area contributed by atoms with Crippen molar-refractivity contribution in [3.8, 4) is 0 Å². The Balaban J connectivity index is 0.000000635. The number of carbonyl (C=O) groups excluding carboxylic acids is 1. The van der Waals surface area contributed by atoms with Crippen molar-refractivity contribution in [1.29, 1.82) is 0 Å². The van der Waals surface area contributed by atoms with E-state index in [-0.39, 0.29) is 18.7 Å². The summed E-state index contributed by atoms with van der Waals surface area (Å²) in [7, 11) is 0. The molecule has 5 rings (SSSR count). The van der Waals surface area contributed by atoms with Gasteiger partial charge in [-0.25, -0.2) is 9.78 Å². The summed E-state index contributed by atoms with van der Waals surface area (Å²) < 4.78 is 11.7. The minimum atomic E-state index is -0.811. The van der Waals surface area contributed by atoms with E-state index in [0.717, 1.165) is 25.7 Å². The van der Waals surface area contributed by atoms with E-state index in [1.807, 2.05) is 41.5 Å². The minimum absolute atomic E-state index is 0. The summed E-state index contributed by atoms with van der Waals surface area (Å²) in [4.78, 5) is 24.0. The summed E-state index contributed by atoms with van der Waals surface area (Å²) in [6, 6.07) is 0. The molecule has 4 aliphatic heterocycles. The Morgan fingerprint density at radius 1 is 1.00 bits per heavy atom. The van der Waals surface area contributed by atoms with E-state index < -0.39 is 17.7 Å². The van der Waals surface area contributed by atoms with Gasteiger partial charge in [0, 0.05) is 19.2 Å². The van der Waals surface area contributed by atoms with Crippen molar-refractivity contribution in [1.82, 2.24) is 0 Å². The molecule has 1 aliphatic carbocycles. The van der Waals surface area contributed by atoms with Crippen LogP contribution in [0.3, 0.4) is 0 Å². The van der Waals surface area contributed by atoms with Gasteiger partial charge >= 0.3 is 5.97 Å². The van der Waals surface area contributed by atoms with Crippen LogP contribution < -0.4 is 0 Å². The molecule has 0 radical (unpaired) electrons. The Hall–Kier alpha value is -0.650. The van der Waals surface area contributed by atoms with E-state index in [1.165, 1.54) is 0 Å². The van der Waals surface area contributed by atoms with Gasteiger partial charge in [0.2, 0.25) is 12.1 Å². The first kappa shape index (κ1) is 20.7. The third kappa shape index (κ3) is 2.74. The zero-order chi connectivity index (χ0) is 19.0. The van der Waals surface area contributed by atoms with Crippen molar-refractivity contribution >= 4 is 5.97 Å². The number of hydrogen-bond acceptors (Lipinski definition) is 5. The van der Waals surface area contributed by atoms with E-state index in [2.05, 4.69) is 13.8 Å². The lowest BCUT2D eigenvalue weighted by atomic mass is 9.50. The zero-order valence-corrected chi connectivity index (χ0v) is 17.2. The molecule has 5 fully saturated rings. The second-order valence-electron chi connectivity index (χ2n) is 7.78. The van der Waals surface area contributed by atoms with Crippen molar-refractivity contribution in [2.75, 3.05) is 0 Å². The highest BCUT2D eigenvalue weighted by Gasteiger charge is 2.74. The molecule has 4 heterocycles. The quantitative estimate of drug-likeness (QED) is 0.446. The highest BCUT2D eigenvalue weighted by molar-refractivity contribution is 5.75. The van der Waals surface area contributed by atoms with Crippen molar-refractivity contribution in [3.05, 3.63) is 0 Å². The summed E-state index contributed by atoms with van der Waals surface area (Å²) >= 11 is 0. The van der Waals surface area contributed by atoms with Crippen molar-refractivity contribution in [3.63, 3.8) is 0 Å². The molecule has 2 unspecified atom stereocenters. The van der Waals surface area contributed by atoms with Gasteiger partial charge in [-0.3, -0.25) is 4.79 Å². The minimum Gasteiger partial charge on any atom is -0.432 e. The van der Waals surface area contributed by atoms with Crippen LogP contribution in [0.25, 0.3) is 0 Å². The number of ether oxygens (including phenoxy) is 2. The Kier molecular flexibility index (Phi) is 5.92. The van der Waals surface area contributed by atoms with Gasteiger partial charge in [0.05, 0.1) is 5.92 Å². The van der Waals surface area contributed by atoms with Crippen LogP contribution in [-0.2, 0) is 24.0 Å². The number of carbonyl (C=O) groups is 1. The molecular weight excluding hydrogens is 320 g/mol. The number of rotatable bonds is 0. The predicted molar refractivity (Wildman–Crippen MR) is 97.5 cm³/mol. The number of esters is 1. The summed E-state index contributed by atoms with van der Waals surface area (Å²) in [6.45, 7) is 16.2. The Labute approximate surface area is 154 Å². The predicted octanol–water partition coefficient (Wildman–Crippen LogP) is 5.08. The van der Waals surface area contributed by atoms with E-state index in [9.17, 15) is 4.79 Å². The van der Waals surface area contributed by atoms with E-state index in [4.69, 9.17) is 19.2 Å². The summed E-state index contributed by atoms with van der Waals surface area (Å²) in [6.07, 6.45) is 3.13. The van der Waals surface area contributed by atoms with Gasteiger partial charge in [0.25, 0.3) is 0 Å². The molecule has 5 heteroatoms. The molecule has 0 N–H and O–H groups in total. The fraction of sp³-hybridized carbons (Fsp3) is 0.950. The fourth-order valence-electron chi connectivity index (χ4n) is 5.05. The zero-order valence-electron chi connectivity index (χ0n) is 17.2. The molecule has 0 aromatic rings. The number of hydrogen-bond donors (Lipinski definition) is 0. The summed E-state index contributed by atoms with van der Waals surface area (Å²) in [5.74, 6) is -0.396. The van der Waals surface area contributed by atoms with Gasteiger partial charge in [-0.1, -0.05) is 48.5 Å². The summed E-state index contributed by atoms with van der Waals surface area (Å²) in [5, 5.41) is 0. The van der Waals surface area contributed by atoms with Gasteiger partial charge in [-0.05, 0) is 32.1 Å². The first-order valence-electron chi connectivity index (χ1n) is 10.1. The van der Waals surface area contributed by atoms with Crippen LogP contribution in [0.2, 0.25) is 0 Å². The normalized spacial score (nSPS) is 50.2. The second kappa shape index (κ2) is 7.16. The largest absolute Gasteiger partial charge is 0.432 e. The molecular formula is C20H38O5. The van der Waals surface area contributed by atoms with Gasteiger partial charge in [-0.15, -0.1) is 0 Å². The molecule has 0 amide bonds. The van der Waals surface area contributed by atoms with Crippen molar-refractivity contribution < 1.29 is 25.5 Å². The van der Waals surface area contributed by atoms with Gasteiger partial charge in [-0.2, -0.15) is 0 Å². The van der Waals surface area contributed by atoms with Crippen molar-refractivity contribution in [2.45, 2.75) is 98.8 Å². The topological polar surface area (TPSA) is 54.0 Å². The molecule has 148 valence electrons. The highest BCUT2D eigenvalue weighted by Crippen LogP contribution is 2.65. The van der Waals surface area contributed by atoms with Crippen LogP contribution in [0, 0.1) is 23.2 Å². The first-order valence-corrected chi connectivity index (χ1v) is 10.1. The van der Waals surface area contributed by atoms with Crippen LogP contribution >= 0.6 is 0 Å². The van der Waals surface area contributed by atoms with Crippen LogP contribution in [0.5, 0.6) is 0 Å². The second-order valence-corrected chi connectivity index (χ2v) is 7.78. The Bertz CT molecular complexity index is 501. The SMILES string of the molecule is CC.CC.C[C@@H]1CC[C@@]2(C)[C@@H](C)C(=O)OC3O[C@@]4(C)CC[C@@H]1C32OO4.[HH]. The maximum Gasteiger partial charge on any atom is 0.311 e. The molecule has 0 aromatic heterocycles. The first-order chi connectivity index (χ1) is 11.8. The molecule has 5 aliphatic rings. The van der Waals surface area contributed by atoms with E-state index in [0.29, 0.717) is 11.8 Å². The lowest BCUT2D eigenvalue weighted by molar-refractivity contribution is -0.568. The third-order valence-electron chi connectivity index (χ3n) is 6.75. The van der Waals surface area contributed by atoms with Gasteiger partial charge in [0.15, 0.2) is 5.60 Å². The van der Waals surface area contributed by atoms with Crippen LogP contribution in [0.1, 0.15) is 82.5 Å². The van der Waals surface area contributed by atoms with Gasteiger partial charge < -0.3 is 9.47 Å². The number of fused-ring (bicyclic) bond motifs is 2. The fourth-order valence-corrected chi connectivity index (χ4v) is 5.05. The monoisotopic (exact) mass is 358 g/mol. The molecule has 4 saturated heterocycles. The molecule has 25 heavy (non-hydrogen) atoms. The Morgan fingerprint density at radius 2 is 1.64 bits per heavy atom. The lowest BCUT2D eigenvalue weighted by Crippen LogP contribution is -2.74. The molecule has 1 spiro atoms. The van der Waals surface area contributed by atoms with Crippen molar-refractivity contribution in [2.24, 2.45) is 23.2 Å². The maximum absolute atomic E-state index is 12.3. The highest BCUT2D eigenvalue weighted by atomic mass is 17.3. The molecule has 2 bridgehead atoms. The van der Waals surface area contributed by atoms with E-state index in [1.54, 1.807) is 0 Å². The standard InChI is InChI=1S/C16H24O5.2C2H6.H2/c1-9-5-7-14(3)10(2)12(17)18-13-16(14)11(9)6-8-15(4,19-13)20-21-16;2*1-2;/h9-11,13H,5-8H2,1-4H3;2*1-2H3;1H/t9-,10+,11+,13?,14+,15-,16?;;;/m1.../s1. The van der Waals surface area contributed by atoms with E-state index >= 15 is 0 Å². The average molecular weight is 359 g/mol. The summed E-state index contributed by atoms with van der Waals surface area (Å²) in [5.41, 5.74) is -0.982. The van der Waals surface area contributed by atoms with Crippen LogP contribution in [0.15, 0.2) is 0 Å².